The van der Waals surface area contributed by atoms with Crippen molar-refractivity contribution in [3.63, 3.8) is 0 Å². The van der Waals surface area contributed by atoms with Crippen molar-refractivity contribution in [2.24, 2.45) is 0 Å². The van der Waals surface area contributed by atoms with Crippen LogP contribution >= 0.6 is 11.8 Å². The fourth-order valence-electron chi connectivity index (χ4n) is 3.20. The molecule has 0 N–H and O–H groups in total. The third-order valence-corrected chi connectivity index (χ3v) is 5.78. The average Bonchev–Trinajstić information content (AvgIpc) is 2.86. The van der Waals surface area contributed by atoms with Gasteiger partial charge in [0.2, 0.25) is 0 Å². The molecule has 0 saturated carbocycles. The minimum Gasteiger partial charge on any atom is -0.493 e. The van der Waals surface area contributed by atoms with Crippen LogP contribution in [0.4, 0.5) is 13.2 Å². The summed E-state index contributed by atoms with van der Waals surface area (Å²) in [6.07, 6.45) is -3.18. The van der Waals surface area contributed by atoms with Crippen LogP contribution in [0.3, 0.4) is 0 Å². The highest BCUT2D eigenvalue weighted by atomic mass is 32.2. The van der Waals surface area contributed by atoms with Crippen LogP contribution < -0.4 is 15.0 Å². The standard InChI is InChI=1S/C24H26F3N3O5S/c1-32-8-9-35-10-11-36-23-28-18(13-21(29-23)24(25,26)27)17-5-7-22(31)30(15-17)14-16-4-6-19(33-2)20(12-16)34-3/h4-7,12-13,15H,8-11,14H2,1-3H3. The van der Waals surface area contributed by atoms with Gasteiger partial charge in [0.15, 0.2) is 16.7 Å². The van der Waals surface area contributed by atoms with Crippen molar-refractivity contribution in [1.82, 2.24) is 14.5 Å². The van der Waals surface area contributed by atoms with Crippen molar-refractivity contribution in [3.8, 4) is 22.8 Å². The zero-order valence-corrected chi connectivity index (χ0v) is 20.8. The molecule has 2 aromatic heterocycles. The maximum Gasteiger partial charge on any atom is 0.433 e. The molecule has 0 bridgehead atoms. The number of thioether (sulfide) groups is 1. The van der Waals surface area contributed by atoms with Gasteiger partial charge in [0.1, 0.15) is 5.69 Å². The van der Waals surface area contributed by atoms with Crippen LogP contribution in [0.5, 0.6) is 11.5 Å². The molecule has 0 fully saturated rings. The van der Waals surface area contributed by atoms with Gasteiger partial charge in [-0.2, -0.15) is 13.2 Å². The van der Waals surface area contributed by atoms with Gasteiger partial charge in [-0.25, -0.2) is 9.97 Å². The Morgan fingerprint density at radius 1 is 0.944 bits per heavy atom. The van der Waals surface area contributed by atoms with Gasteiger partial charge >= 0.3 is 6.18 Å². The molecule has 0 radical (unpaired) electrons. The first-order valence-corrected chi connectivity index (χ1v) is 11.8. The Morgan fingerprint density at radius 2 is 1.72 bits per heavy atom. The lowest BCUT2D eigenvalue weighted by atomic mass is 10.1. The number of alkyl halides is 3. The Hall–Kier alpha value is -3.09. The number of ether oxygens (including phenoxy) is 4. The van der Waals surface area contributed by atoms with E-state index in [1.165, 1.54) is 37.1 Å². The molecule has 0 amide bonds. The van der Waals surface area contributed by atoms with Crippen molar-refractivity contribution in [1.29, 1.82) is 0 Å². The van der Waals surface area contributed by atoms with E-state index in [9.17, 15) is 18.0 Å². The highest BCUT2D eigenvalue weighted by Crippen LogP contribution is 2.32. The molecule has 0 atom stereocenters. The van der Waals surface area contributed by atoms with Crippen LogP contribution in [0.25, 0.3) is 11.3 Å². The summed E-state index contributed by atoms with van der Waals surface area (Å²) in [5.41, 5.74) is -0.230. The fourth-order valence-corrected chi connectivity index (χ4v) is 3.91. The summed E-state index contributed by atoms with van der Waals surface area (Å²) in [6, 6.07) is 8.83. The number of methoxy groups -OCH3 is 3. The summed E-state index contributed by atoms with van der Waals surface area (Å²) in [6.45, 7) is 1.28. The van der Waals surface area contributed by atoms with E-state index >= 15 is 0 Å². The van der Waals surface area contributed by atoms with E-state index in [1.807, 2.05) is 0 Å². The molecular formula is C24H26F3N3O5S. The van der Waals surface area contributed by atoms with Gasteiger partial charge in [0.25, 0.3) is 5.56 Å². The lowest BCUT2D eigenvalue weighted by Gasteiger charge is -2.13. The lowest BCUT2D eigenvalue weighted by Crippen LogP contribution is -2.19. The van der Waals surface area contributed by atoms with Crippen molar-refractivity contribution >= 4 is 11.8 Å². The minimum absolute atomic E-state index is 0.0344. The molecular weight excluding hydrogens is 499 g/mol. The van der Waals surface area contributed by atoms with E-state index in [0.717, 1.165) is 23.4 Å². The molecule has 0 unspecified atom stereocenters. The number of nitrogens with zero attached hydrogens (tertiary/aromatic N) is 3. The van der Waals surface area contributed by atoms with Gasteiger partial charge in [0, 0.05) is 30.7 Å². The first-order chi connectivity index (χ1) is 17.2. The molecule has 194 valence electrons. The Labute approximate surface area is 210 Å². The van der Waals surface area contributed by atoms with E-state index in [-0.39, 0.29) is 23.0 Å². The van der Waals surface area contributed by atoms with Crippen LogP contribution in [0.15, 0.2) is 52.5 Å². The number of hydrogen-bond donors (Lipinski definition) is 0. The third-order valence-electron chi connectivity index (χ3n) is 4.97. The largest absolute Gasteiger partial charge is 0.493 e. The van der Waals surface area contributed by atoms with Crippen LogP contribution in [-0.2, 0) is 22.2 Å². The molecule has 0 spiro atoms. The number of pyridine rings is 1. The quantitative estimate of drug-likeness (QED) is 0.198. The SMILES string of the molecule is COCCOCCSc1nc(-c2ccc(=O)n(Cc3ccc(OC)c(OC)c3)c2)cc(C(F)(F)F)n1. The summed E-state index contributed by atoms with van der Waals surface area (Å²) in [5.74, 6) is 1.40. The molecule has 0 aliphatic heterocycles. The monoisotopic (exact) mass is 525 g/mol. The molecule has 3 aromatic rings. The van der Waals surface area contributed by atoms with E-state index < -0.39 is 11.9 Å². The molecule has 0 aliphatic carbocycles. The van der Waals surface area contributed by atoms with Gasteiger partial charge in [-0.3, -0.25) is 4.79 Å². The maximum atomic E-state index is 13.5. The fraction of sp³-hybridized carbons (Fsp3) is 0.375. The Balaban J connectivity index is 1.88. The van der Waals surface area contributed by atoms with Crippen LogP contribution in [-0.4, -0.2) is 61.4 Å². The lowest BCUT2D eigenvalue weighted by molar-refractivity contribution is -0.141. The van der Waals surface area contributed by atoms with Gasteiger partial charge in [0.05, 0.1) is 46.3 Å². The van der Waals surface area contributed by atoms with Crippen LogP contribution in [0, 0.1) is 0 Å². The summed E-state index contributed by atoms with van der Waals surface area (Å²) < 4.78 is 62.8. The first kappa shape index (κ1) is 27.5. The Morgan fingerprint density at radius 3 is 2.42 bits per heavy atom. The van der Waals surface area contributed by atoms with Crippen molar-refractivity contribution < 1.29 is 32.1 Å². The number of benzene rings is 1. The first-order valence-electron chi connectivity index (χ1n) is 10.8. The summed E-state index contributed by atoms with van der Waals surface area (Å²) in [4.78, 5) is 20.5. The van der Waals surface area contributed by atoms with E-state index in [2.05, 4.69) is 9.97 Å². The van der Waals surface area contributed by atoms with Gasteiger partial charge in [-0.1, -0.05) is 17.8 Å². The number of rotatable bonds is 12. The predicted molar refractivity (Wildman–Crippen MR) is 129 cm³/mol. The van der Waals surface area contributed by atoms with Crippen LogP contribution in [0.1, 0.15) is 11.3 Å². The molecule has 2 heterocycles. The minimum atomic E-state index is -4.66. The average molecular weight is 526 g/mol. The normalized spacial score (nSPS) is 11.5. The van der Waals surface area contributed by atoms with E-state index in [0.29, 0.717) is 42.6 Å². The smallest absolute Gasteiger partial charge is 0.433 e. The highest BCUT2D eigenvalue weighted by molar-refractivity contribution is 7.99. The van der Waals surface area contributed by atoms with Gasteiger partial charge in [-0.15, -0.1) is 0 Å². The topological polar surface area (TPSA) is 84.7 Å². The molecule has 12 heteroatoms. The molecule has 0 aliphatic rings. The van der Waals surface area contributed by atoms with Crippen molar-refractivity contribution in [3.05, 3.63) is 64.2 Å². The second kappa shape index (κ2) is 12.7. The number of hydrogen-bond acceptors (Lipinski definition) is 8. The predicted octanol–water partition coefficient (Wildman–Crippen LogP) is 4.14. The zero-order chi connectivity index (χ0) is 26.1. The molecule has 1 aromatic carbocycles. The second-order valence-corrected chi connectivity index (χ2v) is 8.51. The number of halogens is 3. The number of aromatic nitrogens is 3. The van der Waals surface area contributed by atoms with E-state index in [1.54, 1.807) is 25.3 Å². The van der Waals surface area contributed by atoms with E-state index in [4.69, 9.17) is 18.9 Å². The highest BCUT2D eigenvalue weighted by Gasteiger charge is 2.34. The van der Waals surface area contributed by atoms with Crippen LogP contribution in [0.2, 0.25) is 0 Å². The van der Waals surface area contributed by atoms with Crippen molar-refractivity contribution in [2.45, 2.75) is 17.9 Å². The second-order valence-electron chi connectivity index (χ2n) is 7.45. The molecule has 8 nitrogen and oxygen atoms in total. The summed E-state index contributed by atoms with van der Waals surface area (Å²) in [7, 11) is 4.57. The third kappa shape index (κ3) is 7.45. The maximum absolute atomic E-state index is 13.5. The van der Waals surface area contributed by atoms with Crippen molar-refractivity contribution in [2.75, 3.05) is 46.9 Å². The molecule has 36 heavy (non-hydrogen) atoms. The Bertz CT molecular complexity index is 1220. The molecule has 3 rings (SSSR count). The molecule has 0 saturated heterocycles. The summed E-state index contributed by atoms with van der Waals surface area (Å²) in [5, 5.41) is -0.0344. The zero-order valence-electron chi connectivity index (χ0n) is 20.0. The van der Waals surface area contributed by atoms with Gasteiger partial charge in [-0.05, 0) is 29.8 Å². The summed E-state index contributed by atoms with van der Waals surface area (Å²) >= 11 is 1.05. The van der Waals surface area contributed by atoms with Gasteiger partial charge < -0.3 is 23.5 Å². The Kier molecular flexibility index (Phi) is 9.73.